The maximum absolute atomic E-state index is 11.9. The molecule has 1 fully saturated rings. The minimum Gasteiger partial charge on any atom is -0.453 e. The lowest BCUT2D eigenvalue weighted by molar-refractivity contribution is -0.125. The topological polar surface area (TPSA) is 64.6 Å². The van der Waals surface area contributed by atoms with Crippen LogP contribution in [0, 0.1) is 11.8 Å². The number of alkyl carbamates (subject to hydrolysis) is 1. The molecule has 0 spiro atoms. The first kappa shape index (κ1) is 14.0. The van der Waals surface area contributed by atoms with Crippen molar-refractivity contribution in [1.82, 2.24) is 5.32 Å². The molecule has 0 aromatic heterocycles. The van der Waals surface area contributed by atoms with Crippen molar-refractivity contribution in [3.8, 4) is 0 Å². The number of hydrogen-bond acceptors (Lipinski definition) is 4. The number of Topliss-reactive ketones (excluding diaryl/α,β-unsaturated/α-hetero) is 1. The summed E-state index contributed by atoms with van der Waals surface area (Å²) in [5.41, 5.74) is 0. The lowest BCUT2D eigenvalue weighted by Gasteiger charge is -2.29. The second kappa shape index (κ2) is 7.27. The smallest absolute Gasteiger partial charge is 0.406 e. The molecule has 5 heteroatoms. The third-order valence-corrected chi connectivity index (χ3v) is 3.25. The van der Waals surface area contributed by atoms with Gasteiger partial charge in [-0.15, -0.1) is 0 Å². The molecule has 0 unspecified atom stereocenters. The summed E-state index contributed by atoms with van der Waals surface area (Å²) in [6, 6.07) is 0. The highest BCUT2D eigenvalue weighted by Crippen LogP contribution is 2.25. The fraction of sp³-hybridized carbons (Fsp3) is 0.833. The Morgan fingerprint density at radius 2 is 2.06 bits per heavy atom. The van der Waals surface area contributed by atoms with Crippen molar-refractivity contribution in [2.45, 2.75) is 26.2 Å². The molecule has 0 saturated carbocycles. The lowest BCUT2D eigenvalue weighted by Crippen LogP contribution is -2.38. The van der Waals surface area contributed by atoms with Gasteiger partial charge in [-0.2, -0.15) is 0 Å². The monoisotopic (exact) mass is 243 g/mol. The number of nitrogens with one attached hydrogen (secondary N) is 1. The van der Waals surface area contributed by atoms with Crippen molar-refractivity contribution < 1.29 is 19.1 Å². The molecule has 98 valence electrons. The molecule has 0 aromatic rings. The van der Waals surface area contributed by atoms with Crippen molar-refractivity contribution in [3.63, 3.8) is 0 Å². The summed E-state index contributed by atoms with van der Waals surface area (Å²) >= 11 is 0. The molecule has 17 heavy (non-hydrogen) atoms. The van der Waals surface area contributed by atoms with Crippen LogP contribution in [0.1, 0.15) is 26.2 Å². The first-order chi connectivity index (χ1) is 8.19. The largest absolute Gasteiger partial charge is 0.453 e. The molecule has 1 aliphatic heterocycles. The fourth-order valence-electron chi connectivity index (χ4n) is 2.19. The van der Waals surface area contributed by atoms with Gasteiger partial charge in [-0.05, 0) is 18.8 Å². The maximum atomic E-state index is 11.9. The van der Waals surface area contributed by atoms with Crippen LogP contribution in [-0.4, -0.2) is 38.7 Å². The Bertz CT molecular complexity index is 261. The van der Waals surface area contributed by atoms with Crippen LogP contribution in [0.25, 0.3) is 0 Å². The number of carbonyl (C=O) groups excluding carboxylic acids is 2. The van der Waals surface area contributed by atoms with Crippen LogP contribution < -0.4 is 5.32 Å². The molecule has 0 aliphatic carbocycles. The van der Waals surface area contributed by atoms with E-state index in [9.17, 15) is 9.59 Å². The van der Waals surface area contributed by atoms with Gasteiger partial charge in [0.25, 0.3) is 0 Å². The molecule has 1 saturated heterocycles. The molecule has 0 aromatic carbocycles. The van der Waals surface area contributed by atoms with E-state index in [1.54, 1.807) is 0 Å². The summed E-state index contributed by atoms with van der Waals surface area (Å²) in [6.45, 7) is 3.63. The zero-order valence-corrected chi connectivity index (χ0v) is 10.5. The summed E-state index contributed by atoms with van der Waals surface area (Å²) in [5.74, 6) is 0.407. The van der Waals surface area contributed by atoms with Gasteiger partial charge in [0.05, 0.1) is 7.11 Å². The van der Waals surface area contributed by atoms with Gasteiger partial charge in [0.1, 0.15) is 5.78 Å². The molecule has 0 bridgehead atoms. The molecule has 1 atom stereocenters. The summed E-state index contributed by atoms with van der Waals surface area (Å²) in [4.78, 5) is 22.9. The van der Waals surface area contributed by atoms with Gasteiger partial charge in [0.15, 0.2) is 0 Å². The molecular weight excluding hydrogens is 222 g/mol. The summed E-state index contributed by atoms with van der Waals surface area (Å²) < 4.78 is 9.80. The Morgan fingerprint density at radius 3 is 2.59 bits per heavy atom. The molecule has 1 rings (SSSR count). The van der Waals surface area contributed by atoms with Gasteiger partial charge in [-0.25, -0.2) is 4.79 Å². The van der Waals surface area contributed by atoms with Crippen LogP contribution in [0.4, 0.5) is 4.79 Å². The number of methoxy groups -OCH3 is 1. The average molecular weight is 243 g/mol. The van der Waals surface area contributed by atoms with Gasteiger partial charge in [0, 0.05) is 32.1 Å². The van der Waals surface area contributed by atoms with Crippen LogP contribution in [0.15, 0.2) is 0 Å². The maximum Gasteiger partial charge on any atom is 0.406 e. The molecule has 1 aliphatic rings. The second-order valence-electron chi connectivity index (χ2n) is 4.25. The number of amides is 1. The van der Waals surface area contributed by atoms with Gasteiger partial charge >= 0.3 is 6.09 Å². The molecule has 1 heterocycles. The SMILES string of the molecule is CCC(=O)[C@@H](CNC(=O)OC)C1CCOCC1. The summed E-state index contributed by atoms with van der Waals surface area (Å²) in [6.07, 6.45) is 1.80. The molecule has 0 radical (unpaired) electrons. The van der Waals surface area contributed by atoms with Crippen LogP contribution in [0.3, 0.4) is 0 Å². The Labute approximate surface area is 102 Å². The predicted octanol–water partition coefficient (Wildman–Crippen LogP) is 1.36. The van der Waals surface area contributed by atoms with Crippen LogP contribution >= 0.6 is 0 Å². The zero-order valence-electron chi connectivity index (χ0n) is 10.5. The molecular formula is C12H21NO4. The lowest BCUT2D eigenvalue weighted by atomic mass is 9.82. The van der Waals surface area contributed by atoms with Crippen molar-refractivity contribution in [2.24, 2.45) is 11.8 Å². The van der Waals surface area contributed by atoms with Gasteiger partial charge in [-0.3, -0.25) is 4.79 Å². The van der Waals surface area contributed by atoms with E-state index >= 15 is 0 Å². The highest BCUT2D eigenvalue weighted by molar-refractivity contribution is 5.81. The van der Waals surface area contributed by atoms with Crippen molar-refractivity contribution in [2.75, 3.05) is 26.9 Å². The van der Waals surface area contributed by atoms with E-state index in [1.807, 2.05) is 6.92 Å². The summed E-state index contributed by atoms with van der Waals surface area (Å²) in [7, 11) is 1.32. The summed E-state index contributed by atoms with van der Waals surface area (Å²) in [5, 5.41) is 2.62. The highest BCUT2D eigenvalue weighted by atomic mass is 16.5. The standard InChI is InChI=1S/C12H21NO4/c1-3-11(14)10(8-13-12(15)16-2)9-4-6-17-7-5-9/h9-10H,3-8H2,1-2H3,(H,13,15)/t10-/m0/s1. The highest BCUT2D eigenvalue weighted by Gasteiger charge is 2.29. The zero-order chi connectivity index (χ0) is 12.7. The minimum absolute atomic E-state index is 0.108. The number of ketones is 1. The third-order valence-electron chi connectivity index (χ3n) is 3.25. The predicted molar refractivity (Wildman–Crippen MR) is 62.7 cm³/mol. The molecule has 1 amide bonds. The van der Waals surface area contributed by atoms with E-state index in [0.717, 1.165) is 12.8 Å². The van der Waals surface area contributed by atoms with E-state index < -0.39 is 6.09 Å². The number of ether oxygens (including phenoxy) is 2. The molecule has 1 N–H and O–H groups in total. The quantitative estimate of drug-likeness (QED) is 0.792. The first-order valence-electron chi connectivity index (χ1n) is 6.11. The van der Waals surface area contributed by atoms with Crippen molar-refractivity contribution in [3.05, 3.63) is 0 Å². The number of carbonyl (C=O) groups is 2. The Balaban J connectivity index is 2.53. The van der Waals surface area contributed by atoms with Gasteiger partial charge in [0.2, 0.25) is 0 Å². The number of rotatable bonds is 5. The Morgan fingerprint density at radius 1 is 1.41 bits per heavy atom. The van der Waals surface area contributed by atoms with Crippen molar-refractivity contribution >= 4 is 11.9 Å². The number of hydrogen-bond donors (Lipinski definition) is 1. The van der Waals surface area contributed by atoms with Crippen molar-refractivity contribution in [1.29, 1.82) is 0 Å². The van der Waals surface area contributed by atoms with E-state index in [4.69, 9.17) is 4.74 Å². The van der Waals surface area contributed by atoms with E-state index in [0.29, 0.717) is 32.1 Å². The van der Waals surface area contributed by atoms with E-state index in [1.165, 1.54) is 7.11 Å². The van der Waals surface area contributed by atoms with E-state index in [-0.39, 0.29) is 11.7 Å². The van der Waals surface area contributed by atoms with Gasteiger partial charge < -0.3 is 14.8 Å². The van der Waals surface area contributed by atoms with Crippen LogP contribution in [0.5, 0.6) is 0 Å². The van der Waals surface area contributed by atoms with Crippen LogP contribution in [-0.2, 0) is 14.3 Å². The van der Waals surface area contributed by atoms with E-state index in [2.05, 4.69) is 10.1 Å². The minimum atomic E-state index is -0.481. The average Bonchev–Trinajstić information content (AvgIpc) is 2.39. The molecule has 5 nitrogen and oxygen atoms in total. The fourth-order valence-corrected chi connectivity index (χ4v) is 2.19. The Kier molecular flexibility index (Phi) is 5.97. The van der Waals surface area contributed by atoms with Crippen LogP contribution in [0.2, 0.25) is 0 Å². The second-order valence-corrected chi connectivity index (χ2v) is 4.25. The first-order valence-corrected chi connectivity index (χ1v) is 6.11. The normalized spacial score (nSPS) is 18.5. The van der Waals surface area contributed by atoms with Gasteiger partial charge in [-0.1, -0.05) is 6.92 Å². The third kappa shape index (κ3) is 4.34. The Hall–Kier alpha value is -1.10.